The van der Waals surface area contributed by atoms with Gasteiger partial charge in [-0.3, -0.25) is 4.79 Å². The molecule has 6 N–H and O–H groups in total. The van der Waals surface area contributed by atoms with Crippen molar-refractivity contribution in [3.05, 3.63) is 65.4 Å². The third kappa shape index (κ3) is 4.59. The van der Waals surface area contributed by atoms with Crippen LogP contribution in [0.4, 0.5) is 0 Å². The SMILES string of the molecule is NC(=O)CC/C(N)=C/N(N)Cc1nc2ccc(-c3ccccc3)cc2s1. The highest BCUT2D eigenvalue weighted by molar-refractivity contribution is 7.18. The zero-order valence-corrected chi connectivity index (χ0v) is 15.1. The fourth-order valence-electron chi connectivity index (χ4n) is 2.60. The van der Waals surface area contributed by atoms with Gasteiger partial charge >= 0.3 is 0 Å². The molecule has 0 aliphatic carbocycles. The maximum atomic E-state index is 10.8. The number of benzene rings is 2. The molecule has 0 unspecified atom stereocenters. The minimum absolute atomic E-state index is 0.208. The van der Waals surface area contributed by atoms with Crippen LogP contribution >= 0.6 is 11.3 Å². The van der Waals surface area contributed by atoms with Crippen LogP contribution in [0.2, 0.25) is 0 Å². The second-order valence-corrected chi connectivity index (χ2v) is 7.11. The Balaban J connectivity index is 1.73. The molecule has 0 aliphatic heterocycles. The zero-order valence-electron chi connectivity index (χ0n) is 14.3. The molecule has 3 aromatic rings. The van der Waals surface area contributed by atoms with E-state index >= 15 is 0 Å². The number of aromatic nitrogens is 1. The predicted molar refractivity (Wildman–Crippen MR) is 105 cm³/mol. The Morgan fingerprint density at radius 3 is 2.58 bits per heavy atom. The number of amides is 1. The highest BCUT2D eigenvalue weighted by Crippen LogP contribution is 2.28. The number of allylic oxidation sites excluding steroid dienone is 1. The molecule has 0 fully saturated rings. The molecule has 1 heterocycles. The van der Waals surface area contributed by atoms with E-state index in [0.717, 1.165) is 20.8 Å². The summed E-state index contributed by atoms with van der Waals surface area (Å²) in [6.45, 7) is 0.442. The summed E-state index contributed by atoms with van der Waals surface area (Å²) in [5.41, 5.74) is 14.8. The number of nitrogens with zero attached hydrogens (tertiary/aromatic N) is 2. The second kappa shape index (κ2) is 7.99. The molecule has 134 valence electrons. The van der Waals surface area contributed by atoms with Crippen molar-refractivity contribution in [1.29, 1.82) is 0 Å². The molecule has 0 aliphatic rings. The van der Waals surface area contributed by atoms with E-state index in [1.807, 2.05) is 24.3 Å². The minimum Gasteiger partial charge on any atom is -0.401 e. The molecule has 26 heavy (non-hydrogen) atoms. The number of carbonyl (C=O) groups is 1. The Morgan fingerprint density at radius 1 is 1.08 bits per heavy atom. The van der Waals surface area contributed by atoms with Crippen molar-refractivity contribution in [3.8, 4) is 11.1 Å². The van der Waals surface area contributed by atoms with Crippen molar-refractivity contribution >= 4 is 27.5 Å². The predicted octanol–water partition coefficient (Wildman–Crippen LogP) is 2.70. The number of nitrogens with two attached hydrogens (primary N) is 3. The van der Waals surface area contributed by atoms with E-state index < -0.39 is 0 Å². The second-order valence-electron chi connectivity index (χ2n) is 6.00. The summed E-state index contributed by atoms with van der Waals surface area (Å²) in [6, 6.07) is 16.5. The van der Waals surface area contributed by atoms with Crippen molar-refractivity contribution in [3.63, 3.8) is 0 Å². The summed E-state index contributed by atoms with van der Waals surface area (Å²) in [5, 5.41) is 2.37. The molecule has 0 saturated carbocycles. The first-order valence-corrected chi connectivity index (χ1v) is 9.03. The lowest BCUT2D eigenvalue weighted by atomic mass is 10.1. The maximum Gasteiger partial charge on any atom is 0.217 e. The Morgan fingerprint density at radius 2 is 1.85 bits per heavy atom. The van der Waals surface area contributed by atoms with E-state index in [1.54, 1.807) is 17.5 Å². The van der Waals surface area contributed by atoms with Crippen molar-refractivity contribution in [2.75, 3.05) is 0 Å². The lowest BCUT2D eigenvalue weighted by Gasteiger charge is -2.12. The Hall–Kier alpha value is -2.90. The molecule has 0 bridgehead atoms. The topological polar surface area (TPSA) is 111 Å². The van der Waals surface area contributed by atoms with Gasteiger partial charge in [0.25, 0.3) is 0 Å². The van der Waals surface area contributed by atoms with Crippen LogP contribution in [0.3, 0.4) is 0 Å². The summed E-state index contributed by atoms with van der Waals surface area (Å²) in [5.74, 6) is 5.60. The number of hydrogen-bond donors (Lipinski definition) is 3. The van der Waals surface area contributed by atoms with Gasteiger partial charge in [-0.2, -0.15) is 0 Å². The van der Waals surface area contributed by atoms with Crippen molar-refractivity contribution in [2.24, 2.45) is 17.3 Å². The first-order valence-electron chi connectivity index (χ1n) is 8.22. The summed E-state index contributed by atoms with van der Waals surface area (Å²) in [6.07, 6.45) is 2.22. The summed E-state index contributed by atoms with van der Waals surface area (Å²) >= 11 is 1.60. The van der Waals surface area contributed by atoms with Crippen LogP contribution in [-0.4, -0.2) is 15.9 Å². The average Bonchev–Trinajstić information content (AvgIpc) is 3.01. The van der Waals surface area contributed by atoms with E-state index in [4.69, 9.17) is 17.3 Å². The molecule has 0 atom stereocenters. The fourth-order valence-corrected chi connectivity index (χ4v) is 3.61. The van der Waals surface area contributed by atoms with E-state index in [2.05, 4.69) is 29.2 Å². The number of fused-ring (bicyclic) bond motifs is 1. The van der Waals surface area contributed by atoms with E-state index in [0.29, 0.717) is 18.7 Å². The third-order valence-electron chi connectivity index (χ3n) is 3.85. The lowest BCUT2D eigenvalue weighted by Crippen LogP contribution is -2.26. The van der Waals surface area contributed by atoms with Crippen LogP contribution in [0.5, 0.6) is 0 Å². The number of thiazole rings is 1. The highest BCUT2D eigenvalue weighted by atomic mass is 32.1. The maximum absolute atomic E-state index is 10.8. The van der Waals surface area contributed by atoms with Crippen molar-refractivity contribution in [2.45, 2.75) is 19.4 Å². The van der Waals surface area contributed by atoms with E-state index in [-0.39, 0.29) is 12.3 Å². The summed E-state index contributed by atoms with van der Waals surface area (Å²) in [4.78, 5) is 15.4. The number of carbonyl (C=O) groups excluding carboxylic acids is 1. The molecule has 0 spiro atoms. The van der Waals surface area contributed by atoms with E-state index in [1.165, 1.54) is 10.6 Å². The van der Waals surface area contributed by atoms with Gasteiger partial charge in [0.1, 0.15) is 5.01 Å². The van der Waals surface area contributed by atoms with Crippen LogP contribution in [0.15, 0.2) is 60.4 Å². The minimum atomic E-state index is -0.384. The largest absolute Gasteiger partial charge is 0.401 e. The fraction of sp³-hybridized carbons (Fsp3) is 0.158. The summed E-state index contributed by atoms with van der Waals surface area (Å²) < 4.78 is 1.11. The molecule has 6 nitrogen and oxygen atoms in total. The molecule has 3 rings (SSSR count). The van der Waals surface area contributed by atoms with Crippen molar-refractivity contribution < 1.29 is 4.79 Å². The normalized spacial score (nSPS) is 11.7. The highest BCUT2D eigenvalue weighted by Gasteiger charge is 2.08. The molecule has 0 saturated heterocycles. The third-order valence-corrected chi connectivity index (χ3v) is 4.85. The smallest absolute Gasteiger partial charge is 0.217 e. The van der Waals surface area contributed by atoms with Crippen molar-refractivity contribution in [1.82, 2.24) is 9.99 Å². The Labute approximate surface area is 155 Å². The van der Waals surface area contributed by atoms with Crippen LogP contribution in [0.1, 0.15) is 17.8 Å². The van der Waals surface area contributed by atoms with Crippen LogP contribution in [-0.2, 0) is 11.3 Å². The van der Waals surface area contributed by atoms with Gasteiger partial charge in [-0.15, -0.1) is 11.3 Å². The van der Waals surface area contributed by atoms with Gasteiger partial charge in [-0.1, -0.05) is 36.4 Å². The molecular formula is C19H21N5OS. The molecule has 0 radical (unpaired) electrons. The van der Waals surface area contributed by atoms with Crippen LogP contribution in [0.25, 0.3) is 21.3 Å². The quantitative estimate of drug-likeness (QED) is 0.439. The van der Waals surface area contributed by atoms with Gasteiger partial charge in [-0.25, -0.2) is 10.8 Å². The Kier molecular flexibility index (Phi) is 5.50. The molecule has 2 aromatic carbocycles. The molecule has 1 amide bonds. The van der Waals surface area contributed by atoms with Gasteiger partial charge in [-0.05, 0) is 29.7 Å². The standard InChI is InChI=1S/C19H21N5OS/c20-15(7-9-18(21)25)11-24(22)12-19-23-16-8-6-14(10-17(16)26-19)13-4-2-1-3-5-13/h1-6,8,10-11H,7,9,12,20,22H2,(H2,21,25)/b15-11-. The van der Waals surface area contributed by atoms with Crippen LogP contribution < -0.4 is 17.3 Å². The lowest BCUT2D eigenvalue weighted by molar-refractivity contribution is -0.118. The number of rotatable bonds is 7. The first-order chi connectivity index (χ1) is 12.5. The van der Waals surface area contributed by atoms with Gasteiger partial charge in [0.15, 0.2) is 0 Å². The first kappa shape index (κ1) is 17.9. The van der Waals surface area contributed by atoms with Gasteiger partial charge < -0.3 is 16.5 Å². The Bertz CT molecular complexity index is 936. The molecule has 7 heteroatoms. The van der Waals surface area contributed by atoms with Gasteiger partial charge in [0, 0.05) is 18.3 Å². The monoisotopic (exact) mass is 367 g/mol. The number of hydrogen-bond acceptors (Lipinski definition) is 6. The number of primary amides is 1. The van der Waals surface area contributed by atoms with E-state index in [9.17, 15) is 4.79 Å². The van der Waals surface area contributed by atoms with Gasteiger partial charge in [0.2, 0.25) is 5.91 Å². The average molecular weight is 367 g/mol. The zero-order chi connectivity index (χ0) is 18.5. The van der Waals surface area contributed by atoms with Gasteiger partial charge in [0.05, 0.1) is 16.8 Å². The number of hydrazine groups is 1. The summed E-state index contributed by atoms with van der Waals surface area (Å²) in [7, 11) is 0. The molecule has 1 aromatic heterocycles. The molecular weight excluding hydrogens is 346 g/mol. The van der Waals surface area contributed by atoms with Crippen LogP contribution in [0, 0.1) is 0 Å².